The minimum absolute atomic E-state index is 0.220. The van der Waals surface area contributed by atoms with Gasteiger partial charge in [-0.05, 0) is 79.3 Å². The summed E-state index contributed by atoms with van der Waals surface area (Å²) in [7, 11) is 0. The Morgan fingerprint density at radius 1 is 1.08 bits per heavy atom. The van der Waals surface area contributed by atoms with Gasteiger partial charge in [0, 0.05) is 18.0 Å². The maximum Gasteiger partial charge on any atom is 0.335 e. The van der Waals surface area contributed by atoms with Gasteiger partial charge in [-0.25, -0.2) is 19.7 Å². The smallest absolute Gasteiger partial charge is 0.335 e. The molecule has 1 aliphatic rings. The summed E-state index contributed by atoms with van der Waals surface area (Å²) in [6.45, 7) is 1.99. The number of rotatable bonds is 6. The molecule has 0 fully saturated rings. The quantitative estimate of drug-likeness (QED) is 0.247. The van der Waals surface area contributed by atoms with Crippen molar-refractivity contribution in [1.82, 2.24) is 30.4 Å². The molecule has 0 radical (unpaired) electrons. The topological polar surface area (TPSA) is 150 Å². The Bertz CT molecular complexity index is 1650. The molecule has 0 saturated carbocycles. The molecule has 0 bridgehead atoms. The molecule has 1 atom stereocenters. The number of aromatic carboxylic acids is 1. The van der Waals surface area contributed by atoms with E-state index in [-0.39, 0.29) is 5.56 Å². The number of carboxylic acids is 1. The van der Waals surface area contributed by atoms with Gasteiger partial charge in [0.25, 0.3) is 0 Å². The first kappa shape index (κ1) is 23.9. The van der Waals surface area contributed by atoms with E-state index < -0.39 is 11.6 Å². The lowest BCUT2D eigenvalue weighted by atomic mass is 9.79. The highest BCUT2D eigenvalue weighted by Crippen LogP contribution is 2.43. The van der Waals surface area contributed by atoms with Gasteiger partial charge in [0.15, 0.2) is 0 Å². The number of carbonyl (C=O) groups is 1. The molecule has 0 saturated heterocycles. The number of aromatic amines is 1. The molecule has 0 aliphatic heterocycles. The van der Waals surface area contributed by atoms with Gasteiger partial charge in [-0.1, -0.05) is 6.07 Å². The first-order chi connectivity index (χ1) is 18.4. The second kappa shape index (κ2) is 9.43. The number of nitrogens with one attached hydrogen (secondary N) is 2. The van der Waals surface area contributed by atoms with Crippen molar-refractivity contribution in [2.75, 3.05) is 5.32 Å². The Hall–Kier alpha value is -4.48. The van der Waals surface area contributed by atoms with Gasteiger partial charge in [0.2, 0.25) is 0 Å². The summed E-state index contributed by atoms with van der Waals surface area (Å²) in [5, 5.41) is 35.5. The van der Waals surface area contributed by atoms with Crippen molar-refractivity contribution in [3.63, 3.8) is 0 Å². The van der Waals surface area contributed by atoms with Gasteiger partial charge in [-0.2, -0.15) is 15.4 Å². The summed E-state index contributed by atoms with van der Waals surface area (Å²) in [6.07, 6.45) is 7.04. The number of H-pyrrole nitrogens is 1. The van der Waals surface area contributed by atoms with Gasteiger partial charge in [-0.3, -0.25) is 0 Å². The summed E-state index contributed by atoms with van der Waals surface area (Å²) in [6, 6.07) is 12.5. The normalized spacial score (nSPS) is 16.7. The molecule has 4 aromatic heterocycles. The zero-order valence-corrected chi connectivity index (χ0v) is 21.2. The van der Waals surface area contributed by atoms with E-state index in [2.05, 4.69) is 30.7 Å². The van der Waals surface area contributed by atoms with E-state index in [0.717, 1.165) is 40.1 Å². The lowest BCUT2D eigenvalue weighted by Gasteiger charge is -2.33. The Kier molecular flexibility index (Phi) is 5.93. The number of hydrogen-bond acceptors (Lipinski definition) is 9. The maximum atomic E-state index is 11.7. The van der Waals surface area contributed by atoms with Crippen molar-refractivity contribution in [2.45, 2.75) is 31.8 Å². The SMILES string of the molecule is Cc1cc(Nc2cc(-c3cn[nH]n3)ccn2)nc(-c2cnc([C@@]3(O)CCCc4cc(C(=O)O)ccc43)s2)c1. The van der Waals surface area contributed by atoms with Crippen LogP contribution in [0.1, 0.15) is 44.9 Å². The van der Waals surface area contributed by atoms with Crippen molar-refractivity contribution in [3.8, 4) is 21.8 Å². The molecule has 190 valence electrons. The fraction of sp³-hybridized carbons (Fsp3) is 0.185. The zero-order valence-electron chi connectivity index (χ0n) is 20.3. The van der Waals surface area contributed by atoms with Crippen LogP contribution < -0.4 is 5.32 Å². The summed E-state index contributed by atoms with van der Waals surface area (Å²) < 4.78 is 0. The van der Waals surface area contributed by atoms with E-state index in [4.69, 9.17) is 4.98 Å². The Morgan fingerprint density at radius 3 is 2.79 bits per heavy atom. The number of anilines is 2. The molecule has 1 aliphatic carbocycles. The number of aliphatic hydroxyl groups is 1. The predicted molar refractivity (Wildman–Crippen MR) is 142 cm³/mol. The third-order valence-corrected chi connectivity index (χ3v) is 7.76. The molecule has 4 N–H and O–H groups in total. The van der Waals surface area contributed by atoms with Crippen molar-refractivity contribution in [3.05, 3.63) is 88.3 Å². The monoisotopic (exact) mass is 525 g/mol. The van der Waals surface area contributed by atoms with Gasteiger partial charge in [0.1, 0.15) is 27.9 Å². The van der Waals surface area contributed by atoms with Gasteiger partial charge >= 0.3 is 5.97 Å². The first-order valence-corrected chi connectivity index (χ1v) is 12.8. The minimum atomic E-state index is -1.27. The van der Waals surface area contributed by atoms with E-state index in [0.29, 0.717) is 34.3 Å². The number of nitrogens with zero attached hydrogens (tertiary/aromatic N) is 5. The van der Waals surface area contributed by atoms with Crippen LogP contribution in [0.4, 0.5) is 11.6 Å². The van der Waals surface area contributed by atoms with Crippen LogP contribution in [-0.4, -0.2) is 46.5 Å². The van der Waals surface area contributed by atoms with Crippen LogP contribution >= 0.6 is 11.3 Å². The molecular formula is C27H23N7O3S. The maximum absolute atomic E-state index is 11.7. The Labute approximate surface area is 221 Å². The fourth-order valence-electron chi connectivity index (χ4n) is 4.80. The molecule has 0 spiro atoms. The zero-order chi connectivity index (χ0) is 26.3. The standard InChI is InChI=1S/C27H23N7O3S/c1-15-9-20(31-24(10-15)32-23-12-17(6-8-28-23)21-13-30-34-33-21)22-14-29-26(38-22)27(37)7-2-3-16-11-18(25(35)36)4-5-19(16)27/h4-6,8-14,37H,2-3,7H2,1H3,(H,35,36)(H,28,31,32)(H,30,33,34)/t27-/m1/s1. The molecule has 10 nitrogen and oxygen atoms in total. The summed E-state index contributed by atoms with van der Waals surface area (Å²) >= 11 is 1.39. The van der Waals surface area contributed by atoms with E-state index in [9.17, 15) is 15.0 Å². The second-order valence-electron chi connectivity index (χ2n) is 9.25. The number of benzene rings is 1. The average molecular weight is 526 g/mol. The number of aryl methyl sites for hydroxylation is 2. The largest absolute Gasteiger partial charge is 0.478 e. The van der Waals surface area contributed by atoms with Gasteiger partial charge in [0.05, 0.1) is 22.3 Å². The second-order valence-corrected chi connectivity index (χ2v) is 10.3. The van der Waals surface area contributed by atoms with Crippen LogP contribution in [0.15, 0.2) is 61.1 Å². The molecule has 0 unspecified atom stereocenters. The number of aromatic nitrogens is 6. The van der Waals surface area contributed by atoms with Crippen LogP contribution in [0.2, 0.25) is 0 Å². The fourth-order valence-corrected chi connectivity index (χ4v) is 5.81. The molecule has 1 aromatic carbocycles. The van der Waals surface area contributed by atoms with Crippen LogP contribution in [0.25, 0.3) is 21.8 Å². The molecule has 0 amide bonds. The molecule has 5 aromatic rings. The Balaban J connectivity index is 1.30. The van der Waals surface area contributed by atoms with E-state index in [1.165, 1.54) is 17.4 Å². The van der Waals surface area contributed by atoms with Crippen molar-refractivity contribution in [2.24, 2.45) is 0 Å². The van der Waals surface area contributed by atoms with Crippen LogP contribution in [0.5, 0.6) is 0 Å². The lowest BCUT2D eigenvalue weighted by molar-refractivity contribution is 0.0607. The first-order valence-electron chi connectivity index (χ1n) is 12.0. The minimum Gasteiger partial charge on any atom is -0.478 e. The number of fused-ring (bicyclic) bond motifs is 1. The summed E-state index contributed by atoms with van der Waals surface area (Å²) in [5.41, 5.74) is 3.82. The van der Waals surface area contributed by atoms with Crippen LogP contribution in [-0.2, 0) is 12.0 Å². The molecule has 6 rings (SSSR count). The highest BCUT2D eigenvalue weighted by molar-refractivity contribution is 7.15. The number of carboxylic acid groups (broad SMARTS) is 1. The van der Waals surface area contributed by atoms with Crippen molar-refractivity contribution in [1.29, 1.82) is 0 Å². The summed E-state index contributed by atoms with van der Waals surface area (Å²) in [5.74, 6) is 0.268. The molecule has 38 heavy (non-hydrogen) atoms. The van der Waals surface area contributed by atoms with Crippen LogP contribution in [0, 0.1) is 6.92 Å². The van der Waals surface area contributed by atoms with Gasteiger partial charge in [-0.15, -0.1) is 11.3 Å². The number of pyridine rings is 2. The van der Waals surface area contributed by atoms with Crippen molar-refractivity contribution >= 4 is 28.9 Å². The predicted octanol–water partition coefficient (Wildman–Crippen LogP) is 4.71. The third kappa shape index (κ3) is 4.42. The van der Waals surface area contributed by atoms with E-state index in [1.807, 2.05) is 31.2 Å². The van der Waals surface area contributed by atoms with Crippen molar-refractivity contribution < 1.29 is 15.0 Å². The van der Waals surface area contributed by atoms with Gasteiger partial charge < -0.3 is 15.5 Å². The Morgan fingerprint density at radius 2 is 1.97 bits per heavy atom. The number of hydrogen-bond donors (Lipinski definition) is 4. The number of thiazole rings is 1. The lowest BCUT2D eigenvalue weighted by Crippen LogP contribution is -2.32. The molecular weight excluding hydrogens is 502 g/mol. The highest BCUT2D eigenvalue weighted by atomic mass is 32.1. The van der Waals surface area contributed by atoms with Crippen LogP contribution in [0.3, 0.4) is 0 Å². The average Bonchev–Trinajstić information content (AvgIpc) is 3.62. The van der Waals surface area contributed by atoms with E-state index >= 15 is 0 Å². The van der Waals surface area contributed by atoms with E-state index in [1.54, 1.807) is 30.7 Å². The highest BCUT2D eigenvalue weighted by Gasteiger charge is 2.39. The molecule has 4 heterocycles. The molecule has 11 heteroatoms. The third-order valence-electron chi connectivity index (χ3n) is 6.59. The summed E-state index contributed by atoms with van der Waals surface area (Å²) in [4.78, 5) is 26.0.